The van der Waals surface area contributed by atoms with Gasteiger partial charge in [0.05, 0.1) is 11.1 Å². The van der Waals surface area contributed by atoms with Gasteiger partial charge in [0, 0.05) is 19.2 Å². The van der Waals surface area contributed by atoms with Crippen LogP contribution in [0.5, 0.6) is 0 Å². The second-order valence-corrected chi connectivity index (χ2v) is 6.60. The number of carbonyl (C=O) groups is 3. The van der Waals surface area contributed by atoms with Gasteiger partial charge in [0.2, 0.25) is 5.91 Å². The Morgan fingerprint density at radius 2 is 1.67 bits per heavy atom. The number of carbonyl (C=O) groups excluding carboxylic acids is 3. The topological polar surface area (TPSA) is 95.5 Å². The lowest BCUT2D eigenvalue weighted by Gasteiger charge is -2.27. The van der Waals surface area contributed by atoms with Crippen LogP contribution < -0.4 is 10.2 Å². The third-order valence-corrected chi connectivity index (χ3v) is 4.78. The Labute approximate surface area is 156 Å². The van der Waals surface area contributed by atoms with E-state index in [2.05, 4.69) is 20.2 Å². The first kappa shape index (κ1) is 17.1. The van der Waals surface area contributed by atoms with E-state index < -0.39 is 17.7 Å². The minimum Gasteiger partial charge on any atom is -0.356 e. The van der Waals surface area contributed by atoms with Crippen molar-refractivity contribution in [2.45, 2.75) is 19.3 Å². The number of benzene rings is 1. The number of hydrogen-bond acceptors (Lipinski definition) is 6. The maximum absolute atomic E-state index is 12.4. The molecule has 4 rings (SSSR count). The van der Waals surface area contributed by atoms with Gasteiger partial charge in [0.25, 0.3) is 11.8 Å². The summed E-state index contributed by atoms with van der Waals surface area (Å²) in [5, 5.41) is 2.65. The van der Waals surface area contributed by atoms with Crippen molar-refractivity contribution in [1.29, 1.82) is 0 Å². The van der Waals surface area contributed by atoms with E-state index in [4.69, 9.17) is 0 Å². The lowest BCUT2D eigenvalue weighted by atomic mass is 10.1. The van der Waals surface area contributed by atoms with Crippen LogP contribution in [-0.4, -0.2) is 52.2 Å². The Balaban J connectivity index is 1.43. The quantitative estimate of drug-likeness (QED) is 0.829. The molecule has 3 heterocycles. The van der Waals surface area contributed by atoms with Crippen molar-refractivity contribution >= 4 is 29.4 Å². The molecule has 3 amide bonds. The molecule has 1 aromatic heterocycles. The van der Waals surface area contributed by atoms with E-state index in [9.17, 15) is 14.4 Å². The van der Waals surface area contributed by atoms with Crippen molar-refractivity contribution < 1.29 is 14.4 Å². The molecular formula is C19H19N5O3. The number of hydrogen-bond donors (Lipinski definition) is 1. The fourth-order valence-electron chi connectivity index (χ4n) is 3.42. The van der Waals surface area contributed by atoms with Gasteiger partial charge in [-0.15, -0.1) is 0 Å². The number of amides is 3. The zero-order valence-corrected chi connectivity index (χ0v) is 14.7. The molecule has 0 saturated carbocycles. The van der Waals surface area contributed by atoms with E-state index in [0.29, 0.717) is 16.9 Å². The Kier molecular flexibility index (Phi) is 4.53. The molecular weight excluding hydrogens is 346 g/mol. The molecule has 0 spiro atoms. The molecule has 0 atom stereocenters. The predicted octanol–water partition coefficient (Wildman–Crippen LogP) is 1.70. The molecule has 1 N–H and O–H groups in total. The molecule has 0 bridgehead atoms. The van der Waals surface area contributed by atoms with E-state index in [0.717, 1.165) is 36.6 Å². The minimum absolute atomic E-state index is 0.324. The van der Waals surface area contributed by atoms with E-state index in [1.54, 1.807) is 30.3 Å². The first-order chi connectivity index (χ1) is 13.1. The zero-order valence-electron chi connectivity index (χ0n) is 14.7. The molecule has 0 aliphatic carbocycles. The number of aromatic nitrogens is 2. The smallest absolute Gasteiger partial charge is 0.262 e. The molecule has 0 radical (unpaired) electrons. The molecule has 1 aromatic carbocycles. The van der Waals surface area contributed by atoms with Crippen LogP contribution in [0.4, 0.5) is 11.6 Å². The summed E-state index contributed by atoms with van der Waals surface area (Å²) < 4.78 is 0. The molecule has 1 fully saturated rings. The Morgan fingerprint density at radius 1 is 1.00 bits per heavy atom. The molecule has 8 heteroatoms. The highest BCUT2D eigenvalue weighted by Crippen LogP contribution is 2.22. The minimum atomic E-state index is -0.479. The molecule has 2 aliphatic rings. The normalized spacial score (nSPS) is 16.4. The van der Waals surface area contributed by atoms with Crippen molar-refractivity contribution in [3.63, 3.8) is 0 Å². The highest BCUT2D eigenvalue weighted by Gasteiger charge is 2.36. The number of nitrogens with zero attached hydrogens (tertiary/aromatic N) is 4. The van der Waals surface area contributed by atoms with Crippen LogP contribution >= 0.6 is 0 Å². The van der Waals surface area contributed by atoms with Gasteiger partial charge in [0.15, 0.2) is 0 Å². The van der Waals surface area contributed by atoms with Crippen LogP contribution in [0, 0.1) is 0 Å². The van der Waals surface area contributed by atoms with Crippen LogP contribution in [-0.2, 0) is 4.79 Å². The lowest BCUT2D eigenvalue weighted by molar-refractivity contribution is -0.116. The van der Waals surface area contributed by atoms with Gasteiger partial charge in [-0.25, -0.2) is 9.97 Å². The zero-order chi connectivity index (χ0) is 18.8. The van der Waals surface area contributed by atoms with Crippen molar-refractivity contribution in [3.05, 3.63) is 47.8 Å². The number of anilines is 2. The second kappa shape index (κ2) is 7.14. The van der Waals surface area contributed by atoms with Crippen molar-refractivity contribution in [2.24, 2.45) is 0 Å². The SMILES string of the molecule is O=C(CN1C(=O)c2ccccc2C1=O)Nc1cc(N2CCCCC2)ncn1. The second-order valence-electron chi connectivity index (χ2n) is 6.60. The summed E-state index contributed by atoms with van der Waals surface area (Å²) in [6.07, 6.45) is 4.85. The van der Waals surface area contributed by atoms with Gasteiger partial charge in [-0.1, -0.05) is 12.1 Å². The van der Waals surface area contributed by atoms with Gasteiger partial charge in [-0.2, -0.15) is 0 Å². The molecule has 8 nitrogen and oxygen atoms in total. The number of nitrogens with one attached hydrogen (secondary N) is 1. The summed E-state index contributed by atoms with van der Waals surface area (Å²) in [7, 11) is 0. The van der Waals surface area contributed by atoms with Crippen LogP contribution in [0.25, 0.3) is 0 Å². The standard InChI is InChI=1S/C19H19N5O3/c25-17(11-24-18(26)13-6-2-3-7-14(13)19(24)27)22-15-10-16(21-12-20-15)23-8-4-1-5-9-23/h2-3,6-7,10,12H,1,4-5,8-9,11H2,(H,20,21,22,25). The highest BCUT2D eigenvalue weighted by atomic mass is 16.2. The van der Waals surface area contributed by atoms with Gasteiger partial charge in [-0.05, 0) is 31.4 Å². The lowest BCUT2D eigenvalue weighted by Crippen LogP contribution is -2.37. The van der Waals surface area contributed by atoms with E-state index in [-0.39, 0.29) is 6.54 Å². The first-order valence-corrected chi connectivity index (χ1v) is 8.95. The van der Waals surface area contributed by atoms with Crippen LogP contribution in [0.15, 0.2) is 36.7 Å². The number of piperidine rings is 1. The third kappa shape index (κ3) is 3.38. The average Bonchev–Trinajstić information content (AvgIpc) is 2.94. The van der Waals surface area contributed by atoms with Gasteiger partial charge in [0.1, 0.15) is 24.5 Å². The molecule has 27 heavy (non-hydrogen) atoms. The fraction of sp³-hybridized carbons (Fsp3) is 0.316. The summed E-state index contributed by atoms with van der Waals surface area (Å²) in [5.41, 5.74) is 0.648. The van der Waals surface area contributed by atoms with Crippen LogP contribution in [0.2, 0.25) is 0 Å². The van der Waals surface area contributed by atoms with Gasteiger partial charge >= 0.3 is 0 Å². The van der Waals surface area contributed by atoms with E-state index >= 15 is 0 Å². The largest absolute Gasteiger partial charge is 0.356 e. The predicted molar refractivity (Wildman–Crippen MR) is 98.5 cm³/mol. The van der Waals surface area contributed by atoms with Crippen molar-refractivity contribution in [3.8, 4) is 0 Å². The number of imide groups is 1. The van der Waals surface area contributed by atoms with Crippen molar-refractivity contribution in [2.75, 3.05) is 29.9 Å². The summed E-state index contributed by atoms with van der Waals surface area (Å²) in [6, 6.07) is 8.27. The Morgan fingerprint density at radius 3 is 2.33 bits per heavy atom. The molecule has 0 unspecified atom stereocenters. The maximum Gasteiger partial charge on any atom is 0.262 e. The summed E-state index contributed by atoms with van der Waals surface area (Å²) >= 11 is 0. The van der Waals surface area contributed by atoms with Crippen LogP contribution in [0.3, 0.4) is 0 Å². The van der Waals surface area contributed by atoms with Crippen molar-refractivity contribution in [1.82, 2.24) is 14.9 Å². The molecule has 1 saturated heterocycles. The van der Waals surface area contributed by atoms with Gasteiger partial charge < -0.3 is 10.2 Å². The molecule has 138 valence electrons. The Bertz CT molecular complexity index is 873. The summed E-state index contributed by atoms with van der Waals surface area (Å²) in [6.45, 7) is 1.51. The summed E-state index contributed by atoms with van der Waals surface area (Å²) in [4.78, 5) is 48.5. The monoisotopic (exact) mass is 365 g/mol. The van der Waals surface area contributed by atoms with E-state index in [1.807, 2.05) is 0 Å². The van der Waals surface area contributed by atoms with Gasteiger partial charge in [-0.3, -0.25) is 19.3 Å². The number of rotatable bonds is 4. The van der Waals surface area contributed by atoms with Crippen LogP contribution in [0.1, 0.15) is 40.0 Å². The maximum atomic E-state index is 12.4. The summed E-state index contributed by atoms with van der Waals surface area (Å²) in [5.74, 6) is -0.273. The molecule has 2 aliphatic heterocycles. The van der Waals surface area contributed by atoms with E-state index in [1.165, 1.54) is 12.7 Å². The molecule has 2 aromatic rings. The Hall–Kier alpha value is -3.29. The number of fused-ring (bicyclic) bond motifs is 1. The highest BCUT2D eigenvalue weighted by molar-refractivity contribution is 6.22. The fourth-order valence-corrected chi connectivity index (χ4v) is 3.42. The average molecular weight is 365 g/mol. The third-order valence-electron chi connectivity index (χ3n) is 4.78. The first-order valence-electron chi connectivity index (χ1n) is 8.95.